The first-order valence-electron chi connectivity index (χ1n) is 35.6. The van der Waals surface area contributed by atoms with Gasteiger partial charge in [0.2, 0.25) is 11.0 Å². The summed E-state index contributed by atoms with van der Waals surface area (Å²) in [5.74, 6) is 4.95. The van der Waals surface area contributed by atoms with Crippen molar-refractivity contribution in [1.29, 1.82) is 0 Å². The fourth-order valence-corrected chi connectivity index (χ4v) is 15.0. The number of hydrogen-bond acceptors (Lipinski definition) is 11. The van der Waals surface area contributed by atoms with Crippen LogP contribution in [0.15, 0.2) is 298 Å². The van der Waals surface area contributed by atoms with Crippen molar-refractivity contribution in [2.75, 3.05) is 0 Å². The summed E-state index contributed by atoms with van der Waals surface area (Å²) in [6.07, 6.45) is 3.68. The van der Waals surface area contributed by atoms with E-state index in [0.717, 1.165) is 128 Å². The van der Waals surface area contributed by atoms with Crippen LogP contribution in [0.5, 0.6) is 46.0 Å². The van der Waals surface area contributed by atoms with Crippen molar-refractivity contribution >= 4 is 134 Å². The van der Waals surface area contributed by atoms with Crippen LogP contribution in [-0.2, 0) is 5.41 Å². The Balaban J connectivity index is 0.000000124. The van der Waals surface area contributed by atoms with Crippen LogP contribution in [0.1, 0.15) is 58.7 Å². The Morgan fingerprint density at radius 3 is 1.20 bits per heavy atom. The number of aromatic amines is 2. The van der Waals surface area contributed by atoms with Crippen LogP contribution in [0.25, 0.3) is 98.3 Å². The smallest absolute Gasteiger partial charge is 0.872 e. The maximum Gasteiger partial charge on any atom is 2.00 e. The van der Waals surface area contributed by atoms with Gasteiger partial charge in [0, 0.05) is 72.3 Å². The Hall–Kier alpha value is -11.6. The zero-order valence-corrected chi connectivity index (χ0v) is 65.3. The third kappa shape index (κ3) is 17.7. The Bertz CT molecular complexity index is 6000. The van der Waals surface area contributed by atoms with Gasteiger partial charge in [-0.25, -0.2) is 24.9 Å². The average molecular weight is 1470 g/mol. The molecule has 1 aliphatic rings. The number of aromatic nitrogens is 5. The van der Waals surface area contributed by atoms with Crippen LogP contribution in [0, 0.1) is 41.5 Å². The van der Waals surface area contributed by atoms with Crippen LogP contribution in [0.3, 0.4) is 0 Å². The SMILES string of the molecule is Cc1ccc([O][Al][O]c2cccc3ccc(C)nc23)cc1.Cc1ccc2cccc([O][Al][O]c3ccc(-c4ccc5c(c4)C(C)(C)c4ccccc4-5)cc3)c2n1.Cc1ccc2cccc([O][Al][O]c3ccc(C)c(C)c3)c2n1.[Be+2].[O-]c1cccc2ccc3ccc[nH+]c3c12.[O-]c1cccc2ccc3ccc[nH+]c3c12. The van der Waals surface area contributed by atoms with Crippen LogP contribution < -0.4 is 42.9 Å². The van der Waals surface area contributed by atoms with Gasteiger partial charge in [0.1, 0.15) is 33.8 Å². The molecule has 17 aromatic rings. The molecule has 3 radical (unpaired) electrons. The first-order chi connectivity index (χ1) is 52.6. The number of benzene rings is 12. The molecular formula is C92H75Al3BeN5O8+2. The van der Waals surface area contributed by atoms with Gasteiger partial charge in [-0.3, -0.25) is 0 Å². The van der Waals surface area contributed by atoms with E-state index in [1.165, 1.54) is 50.1 Å². The van der Waals surface area contributed by atoms with Gasteiger partial charge in [-0.1, -0.05) is 201 Å². The van der Waals surface area contributed by atoms with Gasteiger partial charge in [-0.15, -0.1) is 0 Å². The number of H-pyrrole nitrogens is 2. The fourth-order valence-electron chi connectivity index (χ4n) is 13.2. The third-order valence-electron chi connectivity index (χ3n) is 19.1. The van der Waals surface area contributed by atoms with E-state index in [0.29, 0.717) is 0 Å². The number of rotatable bonds is 13. The standard InChI is InChI=1S/C21H18O.2C13H9NO.3C10H9NO.C8H10O.C7H8O.3Al.Be/c1-21(2)19-6-4-3-5-17(19)18-12-9-15(13-20(18)21)14-7-10-16(22)11-8-14;2*15-11-5-1-3-9-6-7-10-4-2-8-14-13(10)12(9)11;3*1-7-5-6-8-3-2-4-9(12)10(8)11-7;1-6-3-4-8(9)5-7(6)2;1-6-2-4-7(8)5-3-6;;;;/h3-13,22H,1-2H3;2*1-8,15H;3*2-6,12H,1H3;3-5,9H,1-2H3;2-5,8H,1H3;;;;/q;;;;;;;;4*+2/p-6. The van der Waals surface area contributed by atoms with Gasteiger partial charge in [0.15, 0.2) is 12.4 Å². The molecule has 0 atom stereocenters. The molecule has 2 N–H and O–H groups in total. The zero-order chi connectivity index (χ0) is 74.7. The molecule has 0 aliphatic heterocycles. The summed E-state index contributed by atoms with van der Waals surface area (Å²) < 4.78 is 35.0. The second-order valence-electron chi connectivity index (χ2n) is 27.0. The molecule has 0 fully saturated rings. The Morgan fingerprint density at radius 2 is 0.716 bits per heavy atom. The van der Waals surface area contributed by atoms with Gasteiger partial charge >= 0.3 is 57.8 Å². The van der Waals surface area contributed by atoms with E-state index in [9.17, 15) is 10.2 Å². The molecule has 0 unspecified atom stereocenters. The monoisotopic (exact) mass is 1470 g/mol. The predicted octanol–water partition coefficient (Wildman–Crippen LogP) is 18.9. The summed E-state index contributed by atoms with van der Waals surface area (Å²) in [6, 6.07) is 94.5. The molecule has 109 heavy (non-hydrogen) atoms. The maximum atomic E-state index is 11.8. The minimum absolute atomic E-state index is 0. The molecule has 17 heteroatoms. The first kappa shape index (κ1) is 75.6. The zero-order valence-electron chi connectivity index (χ0n) is 61.8. The number of nitrogens with one attached hydrogen (secondary N) is 2. The van der Waals surface area contributed by atoms with Gasteiger partial charge in [0.25, 0.3) is 0 Å². The summed E-state index contributed by atoms with van der Waals surface area (Å²) in [5.41, 5.74) is 19.0. The van der Waals surface area contributed by atoms with Crippen LogP contribution >= 0.6 is 0 Å². The molecule has 0 bridgehead atoms. The summed E-state index contributed by atoms with van der Waals surface area (Å²) in [5, 5.41) is 32.4. The number of fused-ring (bicyclic) bond motifs is 12. The largest absolute Gasteiger partial charge is 2.00 e. The van der Waals surface area contributed by atoms with E-state index < -0.39 is 47.7 Å². The normalized spacial score (nSPS) is 11.4. The van der Waals surface area contributed by atoms with Crippen molar-refractivity contribution in [1.82, 2.24) is 15.0 Å². The van der Waals surface area contributed by atoms with E-state index >= 15 is 0 Å². The van der Waals surface area contributed by atoms with E-state index in [4.69, 9.17) is 22.7 Å². The molecule has 13 nitrogen and oxygen atoms in total. The number of pyridine rings is 5. The van der Waals surface area contributed by atoms with Gasteiger partial charge < -0.3 is 32.9 Å². The van der Waals surface area contributed by atoms with Crippen molar-refractivity contribution in [2.45, 2.75) is 60.8 Å². The molecule has 12 aromatic carbocycles. The average Bonchev–Trinajstić information content (AvgIpc) is 1.58. The molecule has 0 saturated carbocycles. The molecular weight excluding hydrogens is 1390 g/mol. The van der Waals surface area contributed by atoms with E-state index in [1.54, 1.807) is 24.3 Å². The first-order valence-corrected chi connectivity index (χ1v) is 38.4. The summed E-state index contributed by atoms with van der Waals surface area (Å²) in [4.78, 5) is 20.0. The number of aryl methyl sites for hydroxylation is 6. The second-order valence-corrected chi connectivity index (χ2v) is 29.0. The van der Waals surface area contributed by atoms with Gasteiger partial charge in [-0.2, -0.15) is 0 Å². The number of para-hydroxylation sites is 3. The minimum Gasteiger partial charge on any atom is -0.872 e. The van der Waals surface area contributed by atoms with E-state index in [1.807, 2.05) is 215 Å². The summed E-state index contributed by atoms with van der Waals surface area (Å²) >= 11 is -1.95. The fraction of sp³-hybridized carbons (Fsp3) is 0.0978. The van der Waals surface area contributed by atoms with Crippen molar-refractivity contribution < 1.29 is 42.9 Å². The Kier molecular flexibility index (Phi) is 23.9. The summed E-state index contributed by atoms with van der Waals surface area (Å²) in [7, 11) is 0. The topological polar surface area (TPSA) is 168 Å². The number of hydrogen-bond donors (Lipinski definition) is 0. The molecule has 18 rings (SSSR count). The third-order valence-corrected chi connectivity index (χ3v) is 21.2. The molecule has 1 aliphatic carbocycles. The Labute approximate surface area is 658 Å². The number of nitrogens with zero attached hydrogens (tertiary/aromatic N) is 3. The molecule has 0 saturated heterocycles. The van der Waals surface area contributed by atoms with Crippen molar-refractivity contribution in [3.8, 4) is 68.2 Å². The Morgan fingerprint density at radius 1 is 0.321 bits per heavy atom. The van der Waals surface area contributed by atoms with Gasteiger partial charge in [-0.05, 0) is 200 Å². The van der Waals surface area contributed by atoms with Crippen molar-refractivity contribution in [3.63, 3.8) is 0 Å². The van der Waals surface area contributed by atoms with Crippen molar-refractivity contribution in [3.05, 3.63) is 342 Å². The molecule has 0 spiro atoms. The quantitative estimate of drug-likeness (QED) is 0.0795. The second kappa shape index (κ2) is 34.5. The summed E-state index contributed by atoms with van der Waals surface area (Å²) in [6.45, 7) is 16.8. The van der Waals surface area contributed by atoms with Crippen molar-refractivity contribution in [2.24, 2.45) is 0 Å². The molecule has 5 heterocycles. The van der Waals surface area contributed by atoms with E-state index in [2.05, 4.69) is 138 Å². The predicted molar refractivity (Wildman–Crippen MR) is 438 cm³/mol. The minimum atomic E-state index is -0.702. The van der Waals surface area contributed by atoms with Crippen LogP contribution in [0.2, 0.25) is 0 Å². The van der Waals surface area contributed by atoms with E-state index in [-0.39, 0.29) is 27.0 Å². The maximum absolute atomic E-state index is 11.8. The molecule has 5 aromatic heterocycles. The van der Waals surface area contributed by atoms with Crippen LogP contribution in [0.4, 0.5) is 0 Å². The molecule has 525 valence electrons. The van der Waals surface area contributed by atoms with Gasteiger partial charge in [0.05, 0.1) is 17.2 Å². The molecule has 0 amide bonds. The van der Waals surface area contributed by atoms with Crippen LogP contribution in [-0.4, -0.2) is 72.7 Å².